The first kappa shape index (κ1) is 12.1. The molecule has 94 valence electrons. The number of hydrogen-bond acceptors (Lipinski definition) is 4. The van der Waals surface area contributed by atoms with Gasteiger partial charge in [0.2, 0.25) is 0 Å². The molecule has 1 heterocycles. The quantitative estimate of drug-likeness (QED) is 0.474. The predicted molar refractivity (Wildman–Crippen MR) is 65.5 cm³/mol. The van der Waals surface area contributed by atoms with Crippen molar-refractivity contribution in [3.8, 4) is 0 Å². The minimum Gasteiger partial charge on any atom is -0.461 e. The molecule has 0 unspecified atom stereocenters. The van der Waals surface area contributed by atoms with Crippen molar-refractivity contribution in [1.82, 2.24) is 4.57 Å². The molecule has 0 saturated heterocycles. The van der Waals surface area contributed by atoms with E-state index in [1.807, 2.05) is 0 Å². The van der Waals surface area contributed by atoms with Crippen molar-refractivity contribution < 1.29 is 14.5 Å². The number of aryl methyl sites for hydroxylation is 1. The molecule has 0 aliphatic rings. The zero-order chi connectivity index (χ0) is 13.3. The molecule has 6 nitrogen and oxygen atoms in total. The van der Waals surface area contributed by atoms with Gasteiger partial charge < -0.3 is 9.30 Å². The molecule has 0 fully saturated rings. The van der Waals surface area contributed by atoms with E-state index in [0.717, 1.165) is 0 Å². The van der Waals surface area contributed by atoms with Gasteiger partial charge in [-0.05, 0) is 19.1 Å². The number of rotatable bonds is 3. The first-order chi connectivity index (χ1) is 8.56. The van der Waals surface area contributed by atoms with Crippen LogP contribution >= 0.6 is 0 Å². The second-order valence-corrected chi connectivity index (χ2v) is 3.78. The topological polar surface area (TPSA) is 74.4 Å². The van der Waals surface area contributed by atoms with Gasteiger partial charge in [-0.15, -0.1) is 0 Å². The highest BCUT2D eigenvalue weighted by Crippen LogP contribution is 2.28. The van der Waals surface area contributed by atoms with Crippen molar-refractivity contribution in [3.63, 3.8) is 0 Å². The zero-order valence-corrected chi connectivity index (χ0v) is 10.0. The molecule has 0 amide bonds. The maximum Gasteiger partial charge on any atom is 0.354 e. The summed E-state index contributed by atoms with van der Waals surface area (Å²) in [5.74, 6) is -0.481. The number of carbonyl (C=O) groups is 1. The van der Waals surface area contributed by atoms with Gasteiger partial charge in [-0.25, -0.2) is 4.79 Å². The summed E-state index contributed by atoms with van der Waals surface area (Å²) in [6, 6.07) is 6.23. The van der Waals surface area contributed by atoms with Gasteiger partial charge >= 0.3 is 5.97 Å². The fourth-order valence-electron chi connectivity index (χ4n) is 1.90. The fraction of sp³-hybridized carbons (Fsp3) is 0.250. The van der Waals surface area contributed by atoms with Crippen molar-refractivity contribution in [2.75, 3.05) is 6.61 Å². The van der Waals surface area contributed by atoms with Gasteiger partial charge in [-0.1, -0.05) is 6.07 Å². The summed E-state index contributed by atoms with van der Waals surface area (Å²) in [6.45, 7) is 1.98. The number of carbonyl (C=O) groups excluding carboxylic acids is 1. The SMILES string of the molecule is CCOC(=O)c1cc2c([N+](=O)[O-])cccc2n1C. The van der Waals surface area contributed by atoms with Crippen LogP contribution in [0, 0.1) is 10.1 Å². The van der Waals surface area contributed by atoms with Crippen molar-refractivity contribution in [3.05, 3.63) is 40.1 Å². The summed E-state index contributed by atoms with van der Waals surface area (Å²) in [5, 5.41) is 11.3. The van der Waals surface area contributed by atoms with Crippen LogP contribution in [0.15, 0.2) is 24.3 Å². The van der Waals surface area contributed by atoms with E-state index in [1.165, 1.54) is 12.1 Å². The second kappa shape index (κ2) is 4.48. The van der Waals surface area contributed by atoms with Gasteiger partial charge in [-0.2, -0.15) is 0 Å². The Morgan fingerprint density at radius 1 is 1.50 bits per heavy atom. The van der Waals surface area contributed by atoms with Crippen LogP contribution in [0.5, 0.6) is 0 Å². The first-order valence-electron chi connectivity index (χ1n) is 5.46. The summed E-state index contributed by atoms with van der Waals surface area (Å²) in [5.41, 5.74) is 0.923. The van der Waals surface area contributed by atoms with Crippen LogP contribution in [0.4, 0.5) is 5.69 Å². The molecular weight excluding hydrogens is 236 g/mol. The Morgan fingerprint density at radius 2 is 2.22 bits per heavy atom. The summed E-state index contributed by atoms with van der Waals surface area (Å²) in [6.07, 6.45) is 0. The molecule has 0 N–H and O–H groups in total. The highest BCUT2D eigenvalue weighted by atomic mass is 16.6. The highest BCUT2D eigenvalue weighted by molar-refractivity contribution is 5.99. The third-order valence-corrected chi connectivity index (χ3v) is 2.75. The van der Waals surface area contributed by atoms with Crippen molar-refractivity contribution in [1.29, 1.82) is 0 Å². The predicted octanol–water partition coefficient (Wildman–Crippen LogP) is 2.26. The fourth-order valence-corrected chi connectivity index (χ4v) is 1.90. The standard InChI is InChI=1S/C12H12N2O4/c1-3-18-12(15)11-7-8-9(13(11)2)5-4-6-10(8)14(16)17/h4-7H,3H2,1-2H3. The van der Waals surface area contributed by atoms with E-state index in [4.69, 9.17) is 4.74 Å². The largest absolute Gasteiger partial charge is 0.461 e. The molecule has 2 aromatic rings. The number of nitrogens with zero attached hydrogens (tertiary/aromatic N) is 2. The number of nitro benzene ring substituents is 1. The van der Waals surface area contributed by atoms with Crippen LogP contribution in [-0.2, 0) is 11.8 Å². The summed E-state index contributed by atoms with van der Waals surface area (Å²) in [4.78, 5) is 22.2. The van der Waals surface area contributed by atoms with E-state index in [1.54, 1.807) is 30.7 Å². The molecular formula is C12H12N2O4. The number of esters is 1. The molecule has 0 spiro atoms. The number of hydrogen-bond donors (Lipinski definition) is 0. The Bertz CT molecular complexity index is 630. The molecule has 2 rings (SSSR count). The molecule has 18 heavy (non-hydrogen) atoms. The van der Waals surface area contributed by atoms with Crippen molar-refractivity contribution in [2.24, 2.45) is 7.05 Å². The Balaban J connectivity index is 2.66. The highest BCUT2D eigenvalue weighted by Gasteiger charge is 2.20. The molecule has 0 atom stereocenters. The molecule has 0 bridgehead atoms. The van der Waals surface area contributed by atoms with Crippen molar-refractivity contribution in [2.45, 2.75) is 6.92 Å². The van der Waals surface area contributed by atoms with Crippen LogP contribution in [0.2, 0.25) is 0 Å². The molecule has 0 radical (unpaired) electrons. The number of ether oxygens (including phenoxy) is 1. The van der Waals surface area contributed by atoms with Gasteiger partial charge in [-0.3, -0.25) is 10.1 Å². The minimum atomic E-state index is -0.481. The first-order valence-corrected chi connectivity index (χ1v) is 5.46. The van der Waals surface area contributed by atoms with E-state index in [0.29, 0.717) is 16.6 Å². The molecule has 0 aliphatic heterocycles. The lowest BCUT2D eigenvalue weighted by molar-refractivity contribution is -0.383. The van der Waals surface area contributed by atoms with Gasteiger partial charge in [0.25, 0.3) is 5.69 Å². The second-order valence-electron chi connectivity index (χ2n) is 3.78. The number of nitro groups is 1. The molecule has 1 aromatic carbocycles. The van der Waals surface area contributed by atoms with Crippen LogP contribution in [-0.4, -0.2) is 22.1 Å². The molecule has 6 heteroatoms. The van der Waals surface area contributed by atoms with Crippen LogP contribution < -0.4 is 0 Å². The van der Waals surface area contributed by atoms with Gasteiger partial charge in [0, 0.05) is 13.1 Å². The summed E-state index contributed by atoms with van der Waals surface area (Å²) >= 11 is 0. The van der Waals surface area contributed by atoms with Crippen molar-refractivity contribution >= 4 is 22.6 Å². The zero-order valence-electron chi connectivity index (χ0n) is 10.0. The van der Waals surface area contributed by atoms with Crippen LogP contribution in [0.25, 0.3) is 10.9 Å². The lowest BCUT2D eigenvalue weighted by Crippen LogP contribution is -2.09. The number of fused-ring (bicyclic) bond motifs is 1. The number of non-ortho nitro benzene ring substituents is 1. The van der Waals surface area contributed by atoms with E-state index in [2.05, 4.69) is 0 Å². The Kier molecular flexibility index (Phi) is 3.01. The molecule has 0 aliphatic carbocycles. The normalized spacial score (nSPS) is 10.6. The number of benzene rings is 1. The van der Waals surface area contributed by atoms with Gasteiger partial charge in [0.1, 0.15) is 5.69 Å². The third-order valence-electron chi connectivity index (χ3n) is 2.75. The maximum absolute atomic E-state index is 11.7. The number of aromatic nitrogens is 1. The van der Waals surface area contributed by atoms with Gasteiger partial charge in [0.05, 0.1) is 22.4 Å². The third kappa shape index (κ3) is 1.81. The minimum absolute atomic E-state index is 0.0151. The Hall–Kier alpha value is -2.37. The summed E-state index contributed by atoms with van der Waals surface area (Å²) < 4.78 is 6.51. The Labute approximate surface area is 103 Å². The van der Waals surface area contributed by atoms with E-state index in [-0.39, 0.29) is 12.3 Å². The van der Waals surface area contributed by atoms with Gasteiger partial charge in [0.15, 0.2) is 0 Å². The lowest BCUT2D eigenvalue weighted by Gasteiger charge is -2.03. The van der Waals surface area contributed by atoms with Crippen LogP contribution in [0.1, 0.15) is 17.4 Å². The van der Waals surface area contributed by atoms with E-state index < -0.39 is 10.9 Å². The smallest absolute Gasteiger partial charge is 0.354 e. The van der Waals surface area contributed by atoms with E-state index in [9.17, 15) is 14.9 Å². The monoisotopic (exact) mass is 248 g/mol. The molecule has 1 aromatic heterocycles. The molecule has 0 saturated carbocycles. The average molecular weight is 248 g/mol. The summed E-state index contributed by atoms with van der Waals surface area (Å²) in [7, 11) is 1.68. The van der Waals surface area contributed by atoms with E-state index >= 15 is 0 Å². The van der Waals surface area contributed by atoms with Crippen LogP contribution in [0.3, 0.4) is 0 Å². The lowest BCUT2D eigenvalue weighted by atomic mass is 10.2. The maximum atomic E-state index is 11.7. The Morgan fingerprint density at radius 3 is 2.83 bits per heavy atom. The average Bonchev–Trinajstić information content (AvgIpc) is 2.67.